The van der Waals surface area contributed by atoms with E-state index in [9.17, 15) is 0 Å². The number of nitrogens with zero attached hydrogens (tertiary/aromatic N) is 3. The third kappa shape index (κ3) is 3.51. The molecule has 0 fully saturated rings. The molecule has 6 heteroatoms. The summed E-state index contributed by atoms with van der Waals surface area (Å²) in [4.78, 5) is 0. The van der Waals surface area contributed by atoms with Gasteiger partial charge in [0.05, 0.1) is 18.2 Å². The predicted octanol–water partition coefficient (Wildman–Crippen LogP) is 2.86. The molecule has 0 spiro atoms. The maximum Gasteiger partial charge on any atom is 0.114 e. The lowest BCUT2D eigenvalue weighted by molar-refractivity contribution is 0.112. The summed E-state index contributed by atoms with van der Waals surface area (Å²) in [6.45, 7) is 2.47. The molecule has 2 aromatic rings. The Hall–Kier alpha value is -0.980. The molecule has 2 rings (SSSR count). The number of rotatable bonds is 5. The van der Waals surface area contributed by atoms with Crippen LogP contribution in [-0.4, -0.2) is 26.1 Å². The molecule has 1 aromatic heterocycles. The molecule has 4 nitrogen and oxygen atoms in total. The van der Waals surface area contributed by atoms with Gasteiger partial charge in [-0.1, -0.05) is 29.5 Å². The Labute approximate surface area is 116 Å². The van der Waals surface area contributed by atoms with E-state index in [4.69, 9.17) is 4.74 Å². The smallest absolute Gasteiger partial charge is 0.114 e. The first kappa shape index (κ1) is 13.5. The molecule has 1 atom stereocenters. The SMILES string of the molecule is CSn1cc(-c2ccc(COC(C)S)cc2)nn1. The van der Waals surface area contributed by atoms with Crippen LogP contribution in [0, 0.1) is 0 Å². The molecular weight excluding hydrogens is 266 g/mol. The van der Waals surface area contributed by atoms with Crippen molar-refractivity contribution < 1.29 is 4.74 Å². The second-order valence-electron chi connectivity index (χ2n) is 3.80. The maximum atomic E-state index is 5.42. The van der Waals surface area contributed by atoms with Crippen LogP contribution in [0.4, 0.5) is 0 Å². The van der Waals surface area contributed by atoms with Crippen LogP contribution < -0.4 is 0 Å². The van der Waals surface area contributed by atoms with Gasteiger partial charge < -0.3 is 4.74 Å². The Balaban J connectivity index is 2.07. The van der Waals surface area contributed by atoms with Crippen LogP contribution in [0.5, 0.6) is 0 Å². The van der Waals surface area contributed by atoms with Crippen molar-refractivity contribution in [1.29, 1.82) is 0 Å². The zero-order chi connectivity index (χ0) is 13.0. The Morgan fingerprint density at radius 3 is 2.67 bits per heavy atom. The van der Waals surface area contributed by atoms with Gasteiger partial charge in [0.1, 0.15) is 5.69 Å². The first-order chi connectivity index (χ1) is 8.69. The number of hydrogen-bond donors (Lipinski definition) is 1. The molecule has 0 saturated carbocycles. The molecule has 0 amide bonds. The summed E-state index contributed by atoms with van der Waals surface area (Å²) in [6.07, 6.45) is 3.86. The number of hydrogen-bond acceptors (Lipinski definition) is 5. The minimum absolute atomic E-state index is 0.0499. The zero-order valence-electron chi connectivity index (χ0n) is 10.3. The largest absolute Gasteiger partial charge is 0.363 e. The molecule has 0 bridgehead atoms. The highest BCUT2D eigenvalue weighted by Crippen LogP contribution is 2.18. The van der Waals surface area contributed by atoms with Gasteiger partial charge in [-0.2, -0.15) is 4.09 Å². The van der Waals surface area contributed by atoms with Gasteiger partial charge >= 0.3 is 0 Å². The van der Waals surface area contributed by atoms with Crippen LogP contribution in [0.15, 0.2) is 30.5 Å². The molecule has 0 N–H and O–H groups in total. The van der Waals surface area contributed by atoms with E-state index in [0.717, 1.165) is 16.8 Å². The van der Waals surface area contributed by atoms with E-state index in [1.165, 1.54) is 11.9 Å². The van der Waals surface area contributed by atoms with Crippen LogP contribution in [0.25, 0.3) is 11.3 Å². The minimum atomic E-state index is -0.0499. The molecule has 1 heterocycles. The fourth-order valence-electron chi connectivity index (χ4n) is 1.46. The molecule has 0 aliphatic rings. The topological polar surface area (TPSA) is 39.9 Å². The van der Waals surface area contributed by atoms with Gasteiger partial charge in [0.15, 0.2) is 0 Å². The van der Waals surface area contributed by atoms with E-state index in [1.807, 2.05) is 43.6 Å². The monoisotopic (exact) mass is 281 g/mol. The first-order valence-electron chi connectivity index (χ1n) is 5.55. The molecule has 1 unspecified atom stereocenters. The van der Waals surface area contributed by atoms with Crippen LogP contribution in [-0.2, 0) is 11.3 Å². The lowest BCUT2D eigenvalue weighted by atomic mass is 10.1. The standard InChI is InChI=1S/C12H15N3OS2/c1-9(17)16-8-10-3-5-11(6-4-10)12-7-15(18-2)14-13-12/h3-7,9,17H,8H2,1-2H3. The lowest BCUT2D eigenvalue weighted by Crippen LogP contribution is -1.99. The molecule has 1 aromatic carbocycles. The van der Waals surface area contributed by atoms with E-state index < -0.39 is 0 Å². The second-order valence-corrected chi connectivity index (χ2v) is 5.26. The van der Waals surface area contributed by atoms with Crippen molar-refractivity contribution in [2.75, 3.05) is 6.26 Å². The maximum absolute atomic E-state index is 5.42. The summed E-state index contributed by atoms with van der Waals surface area (Å²) in [5.74, 6) is 0. The highest BCUT2D eigenvalue weighted by molar-refractivity contribution is 7.97. The average Bonchev–Trinajstić information content (AvgIpc) is 2.85. The van der Waals surface area contributed by atoms with Crippen molar-refractivity contribution in [3.8, 4) is 11.3 Å². The van der Waals surface area contributed by atoms with Crippen LogP contribution in [0.2, 0.25) is 0 Å². The van der Waals surface area contributed by atoms with Crippen molar-refractivity contribution in [2.45, 2.75) is 19.0 Å². The van der Waals surface area contributed by atoms with Crippen molar-refractivity contribution >= 4 is 24.6 Å². The van der Waals surface area contributed by atoms with Gasteiger partial charge in [0.2, 0.25) is 0 Å². The number of benzene rings is 1. The molecule has 0 aliphatic carbocycles. The lowest BCUT2D eigenvalue weighted by Gasteiger charge is -2.06. The van der Waals surface area contributed by atoms with Gasteiger partial charge in [0.25, 0.3) is 0 Å². The summed E-state index contributed by atoms with van der Waals surface area (Å²) in [7, 11) is 0. The third-order valence-corrected chi connectivity index (χ3v) is 3.10. The van der Waals surface area contributed by atoms with Crippen LogP contribution in [0.3, 0.4) is 0 Å². The van der Waals surface area contributed by atoms with Crippen molar-refractivity contribution in [1.82, 2.24) is 14.4 Å². The van der Waals surface area contributed by atoms with Crippen molar-refractivity contribution in [2.24, 2.45) is 0 Å². The van der Waals surface area contributed by atoms with Crippen molar-refractivity contribution in [3.05, 3.63) is 36.0 Å². The van der Waals surface area contributed by atoms with E-state index in [1.54, 1.807) is 4.09 Å². The zero-order valence-corrected chi connectivity index (χ0v) is 12.0. The van der Waals surface area contributed by atoms with Gasteiger partial charge in [-0.25, -0.2) is 0 Å². The van der Waals surface area contributed by atoms with E-state index in [0.29, 0.717) is 6.61 Å². The number of ether oxygens (including phenoxy) is 1. The molecule has 0 aliphatic heterocycles. The van der Waals surface area contributed by atoms with Crippen LogP contribution in [0.1, 0.15) is 12.5 Å². The summed E-state index contributed by atoms with van der Waals surface area (Å²) < 4.78 is 7.15. The molecule has 0 saturated heterocycles. The van der Waals surface area contributed by atoms with Gasteiger partial charge in [0, 0.05) is 11.8 Å². The first-order valence-corrected chi connectivity index (χ1v) is 7.24. The molecule has 18 heavy (non-hydrogen) atoms. The van der Waals surface area contributed by atoms with Gasteiger partial charge in [-0.15, -0.1) is 17.7 Å². The summed E-state index contributed by atoms with van der Waals surface area (Å²) >= 11 is 5.69. The van der Waals surface area contributed by atoms with Gasteiger partial charge in [-0.3, -0.25) is 0 Å². The molecule has 96 valence electrons. The highest BCUT2D eigenvalue weighted by atomic mass is 32.2. The average molecular weight is 281 g/mol. The highest BCUT2D eigenvalue weighted by Gasteiger charge is 2.04. The van der Waals surface area contributed by atoms with E-state index in [2.05, 4.69) is 22.9 Å². The van der Waals surface area contributed by atoms with Gasteiger partial charge in [-0.05, 0) is 24.4 Å². The number of aromatic nitrogens is 3. The predicted molar refractivity (Wildman–Crippen MR) is 77.6 cm³/mol. The Kier molecular flexibility index (Phi) is 4.68. The Bertz CT molecular complexity index is 496. The minimum Gasteiger partial charge on any atom is -0.363 e. The normalized spacial score (nSPS) is 12.6. The Morgan fingerprint density at radius 2 is 2.11 bits per heavy atom. The third-order valence-electron chi connectivity index (χ3n) is 2.40. The molecular formula is C12H15N3OS2. The Morgan fingerprint density at radius 1 is 1.39 bits per heavy atom. The fraction of sp³-hybridized carbons (Fsp3) is 0.333. The van der Waals surface area contributed by atoms with E-state index in [-0.39, 0.29) is 5.44 Å². The second kappa shape index (κ2) is 6.26. The van der Waals surface area contributed by atoms with E-state index >= 15 is 0 Å². The summed E-state index contributed by atoms with van der Waals surface area (Å²) in [6, 6.07) is 8.11. The van der Waals surface area contributed by atoms with Crippen molar-refractivity contribution in [3.63, 3.8) is 0 Å². The number of thiol groups is 1. The molecule has 0 radical (unpaired) electrons. The fourth-order valence-corrected chi connectivity index (χ4v) is 1.85. The van der Waals surface area contributed by atoms with Crippen LogP contribution >= 0.6 is 24.6 Å². The quantitative estimate of drug-likeness (QED) is 0.676. The summed E-state index contributed by atoms with van der Waals surface area (Å²) in [5, 5.41) is 8.10. The summed E-state index contributed by atoms with van der Waals surface area (Å²) in [5.41, 5.74) is 3.00.